The molecule has 10 heteroatoms. The molecule has 0 radical (unpaired) electrons. The molecule has 1 aromatic rings. The summed E-state index contributed by atoms with van der Waals surface area (Å²) in [7, 11) is 0.850. The first-order valence-corrected chi connectivity index (χ1v) is 8.94. The third-order valence-electron chi connectivity index (χ3n) is 4.39. The van der Waals surface area contributed by atoms with Crippen molar-refractivity contribution >= 4 is 34.1 Å². The minimum atomic E-state index is -5.40. The van der Waals surface area contributed by atoms with Gasteiger partial charge in [-0.1, -0.05) is 0 Å². The van der Waals surface area contributed by atoms with E-state index in [0.29, 0.717) is 6.07 Å². The van der Waals surface area contributed by atoms with Gasteiger partial charge in [0.05, 0.1) is 16.7 Å². The summed E-state index contributed by atoms with van der Waals surface area (Å²) in [5, 5.41) is -1.26. The lowest BCUT2D eigenvalue weighted by molar-refractivity contribution is -0.171. The molecular formula is C19H23ClF3N3O3. The van der Waals surface area contributed by atoms with Crippen molar-refractivity contribution in [2.24, 2.45) is 0 Å². The molecule has 0 spiro atoms. The largest absolute Gasteiger partial charge is 0.471 e. The van der Waals surface area contributed by atoms with Gasteiger partial charge in [0.15, 0.2) is 0 Å². The molecule has 0 aliphatic carbocycles. The highest BCUT2D eigenvalue weighted by molar-refractivity contribution is 6.68. The number of likely N-dealkylation sites (N-methyl/N-ethyl adjacent to an activating group) is 1. The highest BCUT2D eigenvalue weighted by atomic mass is 35.5. The fourth-order valence-corrected chi connectivity index (χ4v) is 3.17. The summed E-state index contributed by atoms with van der Waals surface area (Å²) in [6.45, 7) is -12.9. The molecule has 0 aromatic heterocycles. The molecule has 1 amide bonds. The monoisotopic (exact) mass is 441 g/mol. The predicted octanol–water partition coefficient (Wildman–Crippen LogP) is 2.89. The average molecular weight is 442 g/mol. The average Bonchev–Trinajstić information content (AvgIpc) is 2.77. The second-order valence-electron chi connectivity index (χ2n) is 6.33. The minimum absolute atomic E-state index is 0.000122. The van der Waals surface area contributed by atoms with E-state index >= 15 is 0 Å². The number of benzene rings is 1. The van der Waals surface area contributed by atoms with Gasteiger partial charge in [0, 0.05) is 56.4 Å². The maximum Gasteiger partial charge on any atom is 0.471 e. The van der Waals surface area contributed by atoms with E-state index in [4.69, 9.17) is 27.3 Å². The molecule has 0 saturated carbocycles. The zero-order valence-corrected chi connectivity index (χ0v) is 16.0. The van der Waals surface area contributed by atoms with E-state index in [9.17, 15) is 22.8 Å². The van der Waals surface area contributed by atoms with Crippen molar-refractivity contribution in [3.8, 4) is 0 Å². The number of ether oxygens (including phenoxy) is 1. The highest BCUT2D eigenvalue weighted by Gasteiger charge is 2.46. The van der Waals surface area contributed by atoms with E-state index in [2.05, 4.69) is 0 Å². The summed E-state index contributed by atoms with van der Waals surface area (Å²) < 4.78 is 112. The van der Waals surface area contributed by atoms with Crippen molar-refractivity contribution < 1.29 is 38.5 Å². The van der Waals surface area contributed by atoms with Crippen molar-refractivity contribution in [3.63, 3.8) is 0 Å². The fourth-order valence-electron chi connectivity index (χ4n) is 3.01. The number of anilines is 2. The Hall–Kier alpha value is -1.84. The molecule has 6 nitrogen and oxygen atoms in total. The molecule has 2 saturated heterocycles. The van der Waals surface area contributed by atoms with Gasteiger partial charge in [-0.3, -0.25) is 9.59 Å². The maximum atomic E-state index is 13.6. The molecule has 160 valence electrons. The van der Waals surface area contributed by atoms with E-state index in [1.54, 1.807) is 0 Å². The van der Waals surface area contributed by atoms with Gasteiger partial charge < -0.3 is 19.4 Å². The van der Waals surface area contributed by atoms with Gasteiger partial charge in [0.1, 0.15) is 0 Å². The van der Waals surface area contributed by atoms with Crippen LogP contribution in [0, 0.1) is 0 Å². The first-order valence-electron chi connectivity index (χ1n) is 12.6. The summed E-state index contributed by atoms with van der Waals surface area (Å²) in [5.74, 6) is -2.36. The van der Waals surface area contributed by atoms with Crippen LogP contribution in [0.5, 0.6) is 0 Å². The number of nitrogens with zero attached hydrogens (tertiary/aromatic N) is 3. The third kappa shape index (κ3) is 5.02. The van der Waals surface area contributed by atoms with Crippen LogP contribution >= 0.6 is 11.6 Å². The van der Waals surface area contributed by atoms with Crippen LogP contribution in [0.15, 0.2) is 18.2 Å². The molecule has 2 aliphatic heterocycles. The smallest absolute Gasteiger partial charge is 0.381 e. The Bertz CT molecular complexity index is 1060. The lowest BCUT2D eigenvalue weighted by Gasteiger charge is -2.37. The Morgan fingerprint density at radius 3 is 2.38 bits per heavy atom. The maximum absolute atomic E-state index is 13.6. The predicted molar refractivity (Wildman–Crippen MR) is 104 cm³/mol. The zero-order valence-electron chi connectivity index (χ0n) is 23.2. The molecule has 3 rings (SSSR count). The number of rotatable bonds is 4. The first-order chi connectivity index (χ1) is 16.7. The lowest BCUT2D eigenvalue weighted by Crippen LogP contribution is -2.50. The van der Waals surface area contributed by atoms with Crippen LogP contribution in [0.25, 0.3) is 0 Å². The van der Waals surface area contributed by atoms with Crippen LogP contribution in [0.3, 0.4) is 0 Å². The Kier molecular flexibility index (Phi) is 4.13. The van der Waals surface area contributed by atoms with Gasteiger partial charge in [-0.2, -0.15) is 13.2 Å². The molecule has 0 atom stereocenters. The second-order valence-corrected chi connectivity index (χ2v) is 6.68. The van der Waals surface area contributed by atoms with Crippen LogP contribution < -0.4 is 9.80 Å². The van der Waals surface area contributed by atoms with E-state index < -0.39 is 66.3 Å². The quantitative estimate of drug-likeness (QED) is 0.672. The molecule has 0 unspecified atom stereocenters. The van der Waals surface area contributed by atoms with Crippen LogP contribution in [0.4, 0.5) is 24.5 Å². The van der Waals surface area contributed by atoms with Gasteiger partial charge in [0.2, 0.25) is 0 Å². The number of amides is 1. The van der Waals surface area contributed by atoms with Gasteiger partial charge in [-0.15, -0.1) is 0 Å². The van der Waals surface area contributed by atoms with Gasteiger partial charge in [-0.25, -0.2) is 0 Å². The molecule has 2 heterocycles. The Morgan fingerprint density at radius 2 is 1.83 bits per heavy atom. The van der Waals surface area contributed by atoms with Crippen molar-refractivity contribution in [2.45, 2.75) is 25.1 Å². The SMILES string of the molecule is [2H]C1([2H])N(C)C([2H])([2H])C([2H])([2H])N(c2ccc(C(=O)Cl)c(N(C(=O)C(F)(F)F)C3CCOCC3)c2)C1([2H])[2H]. The standard InChI is InChI=1S/C19H23ClF3N3O3/c1-24-6-8-25(9-7-24)14-2-3-15(17(20)27)16(12-14)26(18(28)19(21,22)23)13-4-10-29-11-5-13/h2-3,12-13H,4-11H2,1H3/i6D2,7D2,8D2,9D2. The fraction of sp³-hybridized carbons (Fsp3) is 0.579. The number of carbonyl (C=O) groups excluding carboxylic acids is 2. The minimum Gasteiger partial charge on any atom is -0.381 e. The third-order valence-corrected chi connectivity index (χ3v) is 4.59. The second kappa shape index (κ2) is 8.89. The van der Waals surface area contributed by atoms with Crippen molar-refractivity contribution in [1.82, 2.24) is 4.90 Å². The first kappa shape index (κ1) is 13.5. The van der Waals surface area contributed by atoms with E-state index in [1.807, 2.05) is 0 Å². The number of halogens is 4. The Morgan fingerprint density at radius 1 is 1.21 bits per heavy atom. The molecule has 0 N–H and O–H groups in total. The molecule has 1 aromatic carbocycles. The number of carbonyl (C=O) groups is 2. The summed E-state index contributed by atoms with van der Waals surface area (Å²) in [6, 6.07) is 1.34. The Balaban J connectivity index is 2.31. The molecule has 2 aliphatic rings. The molecule has 29 heavy (non-hydrogen) atoms. The van der Waals surface area contributed by atoms with E-state index in [1.165, 1.54) is 0 Å². The topological polar surface area (TPSA) is 53.1 Å². The van der Waals surface area contributed by atoms with Crippen LogP contribution in [-0.2, 0) is 9.53 Å². The van der Waals surface area contributed by atoms with Gasteiger partial charge in [0.25, 0.3) is 5.24 Å². The molecule has 0 bridgehead atoms. The van der Waals surface area contributed by atoms with Crippen LogP contribution in [-0.4, -0.2) is 74.5 Å². The summed E-state index contributed by atoms with van der Waals surface area (Å²) in [5.41, 5.74) is -1.91. The number of hydrogen-bond donors (Lipinski definition) is 0. The van der Waals surface area contributed by atoms with Crippen LogP contribution in [0.1, 0.15) is 34.2 Å². The van der Waals surface area contributed by atoms with E-state index in [-0.39, 0.29) is 40.8 Å². The summed E-state index contributed by atoms with van der Waals surface area (Å²) in [4.78, 5) is 25.3. The van der Waals surface area contributed by atoms with Crippen LogP contribution in [0.2, 0.25) is 0 Å². The number of alkyl halides is 3. The highest BCUT2D eigenvalue weighted by Crippen LogP contribution is 2.35. The van der Waals surface area contributed by atoms with Gasteiger partial charge in [-0.05, 0) is 49.7 Å². The lowest BCUT2D eigenvalue weighted by atomic mass is 10.0. The Labute approximate surface area is 183 Å². The zero-order chi connectivity index (χ0) is 28.4. The molecular weight excluding hydrogens is 411 g/mol. The van der Waals surface area contributed by atoms with Gasteiger partial charge >= 0.3 is 12.1 Å². The number of piperazine rings is 1. The number of hydrogen-bond acceptors (Lipinski definition) is 5. The van der Waals surface area contributed by atoms with Crippen molar-refractivity contribution in [1.29, 1.82) is 0 Å². The summed E-state index contributed by atoms with van der Waals surface area (Å²) in [6.07, 6.45) is -5.50. The van der Waals surface area contributed by atoms with E-state index in [0.717, 1.165) is 19.2 Å². The summed E-state index contributed by atoms with van der Waals surface area (Å²) >= 11 is 5.60. The van der Waals surface area contributed by atoms with Crippen molar-refractivity contribution in [2.75, 3.05) is 56.0 Å². The normalized spacial score (nSPS) is 30.3. The molecule has 2 fully saturated rings. The van der Waals surface area contributed by atoms with Crippen molar-refractivity contribution in [3.05, 3.63) is 23.8 Å².